The van der Waals surface area contributed by atoms with E-state index in [1.807, 2.05) is 13.0 Å². The van der Waals surface area contributed by atoms with Gasteiger partial charge in [0, 0.05) is 15.3 Å². The van der Waals surface area contributed by atoms with Crippen molar-refractivity contribution in [2.45, 2.75) is 26.9 Å². The summed E-state index contributed by atoms with van der Waals surface area (Å²) in [6.07, 6.45) is 1.02. The molecule has 16 heavy (non-hydrogen) atoms. The third-order valence-corrected chi connectivity index (χ3v) is 3.17. The van der Waals surface area contributed by atoms with E-state index in [0.29, 0.717) is 12.5 Å². The first-order valence-corrected chi connectivity index (χ1v) is 6.08. The van der Waals surface area contributed by atoms with Crippen LogP contribution in [0.3, 0.4) is 0 Å². The highest BCUT2D eigenvalue weighted by atomic mass is 127. The summed E-state index contributed by atoms with van der Waals surface area (Å²) in [4.78, 5) is 15.5. The minimum absolute atomic E-state index is 0.352. The van der Waals surface area contributed by atoms with E-state index in [-0.39, 0.29) is 5.97 Å². The molecule has 0 aliphatic carbocycles. The van der Waals surface area contributed by atoms with E-state index in [1.165, 1.54) is 0 Å². The molecule has 0 aromatic carbocycles. The van der Waals surface area contributed by atoms with Crippen LogP contribution in [0.15, 0.2) is 12.3 Å². The Labute approximate surface area is 108 Å². The quantitative estimate of drug-likeness (QED) is 0.626. The summed E-state index contributed by atoms with van der Waals surface area (Å²) in [5, 5.41) is 0. The van der Waals surface area contributed by atoms with Gasteiger partial charge in [0.15, 0.2) is 6.10 Å². The standard InChI is InChI=1S/C11H14INO3/c1-4-15-11(14)8(3)16-10-7(2)9(12)5-6-13-10/h5-6,8H,4H2,1-3H3. The van der Waals surface area contributed by atoms with E-state index >= 15 is 0 Å². The van der Waals surface area contributed by atoms with E-state index in [1.54, 1.807) is 20.0 Å². The predicted octanol–water partition coefficient (Wildman–Crippen LogP) is 2.33. The normalized spacial score (nSPS) is 12.0. The molecule has 4 nitrogen and oxygen atoms in total. The molecule has 1 heterocycles. The van der Waals surface area contributed by atoms with Crippen molar-refractivity contribution in [1.82, 2.24) is 4.98 Å². The Hall–Kier alpha value is -0.850. The Morgan fingerprint density at radius 1 is 1.62 bits per heavy atom. The first-order chi connectivity index (χ1) is 7.56. The number of ether oxygens (including phenoxy) is 2. The van der Waals surface area contributed by atoms with Gasteiger partial charge in [-0.2, -0.15) is 0 Å². The Bertz CT molecular complexity index is 381. The minimum Gasteiger partial charge on any atom is -0.463 e. The smallest absolute Gasteiger partial charge is 0.347 e. The molecular formula is C11H14INO3. The number of halogens is 1. The highest BCUT2D eigenvalue weighted by molar-refractivity contribution is 14.1. The number of hydrogen-bond acceptors (Lipinski definition) is 4. The molecule has 1 aromatic rings. The Kier molecular flexibility index (Phi) is 4.98. The van der Waals surface area contributed by atoms with Gasteiger partial charge in [-0.05, 0) is 49.4 Å². The number of pyridine rings is 1. The van der Waals surface area contributed by atoms with Crippen LogP contribution in [-0.4, -0.2) is 23.7 Å². The summed E-state index contributed by atoms with van der Waals surface area (Å²) in [7, 11) is 0. The van der Waals surface area contributed by atoms with Gasteiger partial charge in [0.05, 0.1) is 6.61 Å². The van der Waals surface area contributed by atoms with Gasteiger partial charge < -0.3 is 9.47 Å². The Morgan fingerprint density at radius 2 is 2.31 bits per heavy atom. The van der Waals surface area contributed by atoms with Gasteiger partial charge in [-0.1, -0.05) is 0 Å². The van der Waals surface area contributed by atoms with Crippen LogP contribution >= 0.6 is 22.6 Å². The van der Waals surface area contributed by atoms with Crippen LogP contribution in [0.4, 0.5) is 0 Å². The third kappa shape index (κ3) is 3.33. The van der Waals surface area contributed by atoms with Crippen LogP contribution in [0.2, 0.25) is 0 Å². The lowest BCUT2D eigenvalue weighted by Crippen LogP contribution is -2.26. The summed E-state index contributed by atoms with van der Waals surface area (Å²) >= 11 is 2.19. The molecule has 1 unspecified atom stereocenters. The van der Waals surface area contributed by atoms with E-state index in [9.17, 15) is 4.79 Å². The molecule has 0 amide bonds. The van der Waals surface area contributed by atoms with Crippen molar-refractivity contribution in [3.05, 3.63) is 21.4 Å². The van der Waals surface area contributed by atoms with Gasteiger partial charge in [0.1, 0.15) is 0 Å². The monoisotopic (exact) mass is 335 g/mol. The molecule has 0 aliphatic rings. The average molecular weight is 335 g/mol. The van der Waals surface area contributed by atoms with Crippen molar-refractivity contribution < 1.29 is 14.3 Å². The maximum Gasteiger partial charge on any atom is 0.347 e. The van der Waals surface area contributed by atoms with Crippen molar-refractivity contribution in [1.29, 1.82) is 0 Å². The lowest BCUT2D eigenvalue weighted by atomic mass is 10.3. The molecule has 1 aromatic heterocycles. The van der Waals surface area contributed by atoms with Crippen molar-refractivity contribution in [2.75, 3.05) is 6.61 Å². The zero-order valence-corrected chi connectivity index (χ0v) is 11.6. The number of aromatic nitrogens is 1. The maximum absolute atomic E-state index is 11.4. The van der Waals surface area contributed by atoms with Gasteiger partial charge in [-0.3, -0.25) is 0 Å². The summed E-state index contributed by atoms with van der Waals surface area (Å²) in [5.41, 5.74) is 0.930. The molecule has 0 bridgehead atoms. The minimum atomic E-state index is -0.635. The highest BCUT2D eigenvalue weighted by Gasteiger charge is 2.17. The van der Waals surface area contributed by atoms with E-state index < -0.39 is 6.10 Å². The third-order valence-electron chi connectivity index (χ3n) is 2.00. The zero-order valence-electron chi connectivity index (χ0n) is 9.49. The predicted molar refractivity (Wildman–Crippen MR) is 68.4 cm³/mol. The molecule has 0 spiro atoms. The number of carbonyl (C=O) groups is 1. The maximum atomic E-state index is 11.4. The molecule has 0 fully saturated rings. The van der Waals surface area contributed by atoms with Gasteiger partial charge in [-0.15, -0.1) is 0 Å². The topological polar surface area (TPSA) is 48.4 Å². The molecule has 0 radical (unpaired) electrons. The van der Waals surface area contributed by atoms with Gasteiger partial charge in [0.25, 0.3) is 0 Å². The highest BCUT2D eigenvalue weighted by Crippen LogP contribution is 2.20. The summed E-state index contributed by atoms with van der Waals surface area (Å²) in [5.74, 6) is 0.106. The molecule has 0 N–H and O–H groups in total. The van der Waals surface area contributed by atoms with Gasteiger partial charge in [0.2, 0.25) is 5.88 Å². The molecule has 0 saturated carbocycles. The first-order valence-electron chi connectivity index (χ1n) is 5.00. The van der Waals surface area contributed by atoms with E-state index in [0.717, 1.165) is 9.13 Å². The SMILES string of the molecule is CCOC(=O)C(C)Oc1nccc(I)c1C. The average Bonchev–Trinajstić information content (AvgIpc) is 2.25. The number of rotatable bonds is 4. The Morgan fingerprint density at radius 3 is 2.94 bits per heavy atom. The summed E-state index contributed by atoms with van der Waals surface area (Å²) < 4.78 is 11.4. The molecule has 5 heteroatoms. The molecule has 1 atom stereocenters. The number of nitrogens with zero attached hydrogens (tertiary/aromatic N) is 1. The fourth-order valence-electron chi connectivity index (χ4n) is 1.09. The van der Waals surface area contributed by atoms with Crippen molar-refractivity contribution in [3.8, 4) is 5.88 Å². The lowest BCUT2D eigenvalue weighted by molar-refractivity contribution is -0.150. The van der Waals surface area contributed by atoms with Crippen LogP contribution in [0.5, 0.6) is 5.88 Å². The largest absolute Gasteiger partial charge is 0.463 e. The fourth-order valence-corrected chi connectivity index (χ4v) is 1.48. The number of hydrogen-bond donors (Lipinski definition) is 0. The van der Waals surface area contributed by atoms with E-state index in [4.69, 9.17) is 9.47 Å². The second-order valence-electron chi connectivity index (χ2n) is 3.24. The van der Waals surface area contributed by atoms with Crippen LogP contribution in [0.25, 0.3) is 0 Å². The molecular weight excluding hydrogens is 321 g/mol. The Balaban J connectivity index is 2.73. The second-order valence-corrected chi connectivity index (χ2v) is 4.40. The van der Waals surface area contributed by atoms with Crippen molar-refractivity contribution in [2.24, 2.45) is 0 Å². The van der Waals surface area contributed by atoms with Crippen LogP contribution in [0.1, 0.15) is 19.4 Å². The second kappa shape index (κ2) is 6.03. The number of carbonyl (C=O) groups excluding carboxylic acids is 1. The summed E-state index contributed by atoms with van der Waals surface area (Å²) in [6.45, 7) is 5.67. The molecule has 88 valence electrons. The van der Waals surface area contributed by atoms with Crippen LogP contribution < -0.4 is 4.74 Å². The summed E-state index contributed by atoms with van der Waals surface area (Å²) in [6, 6.07) is 1.89. The lowest BCUT2D eigenvalue weighted by Gasteiger charge is -2.14. The van der Waals surface area contributed by atoms with Crippen LogP contribution in [0, 0.1) is 10.5 Å². The molecule has 1 rings (SSSR count). The van der Waals surface area contributed by atoms with E-state index in [2.05, 4.69) is 27.6 Å². The van der Waals surface area contributed by atoms with Crippen molar-refractivity contribution in [3.63, 3.8) is 0 Å². The fraction of sp³-hybridized carbons (Fsp3) is 0.455. The zero-order chi connectivity index (χ0) is 12.1. The van der Waals surface area contributed by atoms with Crippen LogP contribution in [-0.2, 0) is 9.53 Å². The van der Waals surface area contributed by atoms with Gasteiger partial charge in [-0.25, -0.2) is 9.78 Å². The molecule has 0 aliphatic heterocycles. The van der Waals surface area contributed by atoms with Gasteiger partial charge >= 0.3 is 5.97 Å². The molecule has 0 saturated heterocycles. The number of esters is 1. The first kappa shape index (κ1) is 13.2. The van der Waals surface area contributed by atoms with Crippen molar-refractivity contribution >= 4 is 28.6 Å².